The standard InChI is InChI=1S/C21H23NSi/c1-3-23-21-15-13-20(14-16-21)22(18-7-5-4-6-8-18)19-11-9-17(2)10-12-19/h4-16H,3,23H2,1-2H3. The van der Waals surface area contributed by atoms with Crippen LogP contribution in [0.5, 0.6) is 0 Å². The van der Waals surface area contributed by atoms with Gasteiger partial charge in [-0.1, -0.05) is 66.2 Å². The van der Waals surface area contributed by atoms with Crippen LogP contribution in [-0.4, -0.2) is 9.52 Å². The van der Waals surface area contributed by atoms with Crippen molar-refractivity contribution in [3.63, 3.8) is 0 Å². The second-order valence-corrected chi connectivity index (χ2v) is 8.24. The zero-order valence-corrected chi connectivity index (χ0v) is 15.3. The van der Waals surface area contributed by atoms with Crippen LogP contribution < -0.4 is 10.1 Å². The summed E-state index contributed by atoms with van der Waals surface area (Å²) in [6.07, 6.45) is 0. The van der Waals surface area contributed by atoms with E-state index in [0.717, 1.165) is 0 Å². The third-order valence-electron chi connectivity index (χ3n) is 4.04. The predicted molar refractivity (Wildman–Crippen MR) is 105 cm³/mol. The maximum Gasteiger partial charge on any atom is 0.0544 e. The first-order valence-corrected chi connectivity index (χ1v) is 9.99. The molecule has 3 rings (SSSR count). The molecule has 0 saturated heterocycles. The molecule has 0 amide bonds. The molecule has 0 aliphatic heterocycles. The molecule has 0 N–H and O–H groups in total. The van der Waals surface area contributed by atoms with Gasteiger partial charge in [0.25, 0.3) is 0 Å². The first kappa shape index (κ1) is 15.6. The number of anilines is 3. The van der Waals surface area contributed by atoms with Gasteiger partial charge in [0.05, 0.1) is 9.52 Å². The average molecular weight is 318 g/mol. The lowest BCUT2D eigenvalue weighted by Crippen LogP contribution is -2.14. The van der Waals surface area contributed by atoms with Crippen molar-refractivity contribution in [2.75, 3.05) is 4.90 Å². The second-order valence-electron chi connectivity index (χ2n) is 5.92. The maximum absolute atomic E-state index is 2.32. The molecule has 23 heavy (non-hydrogen) atoms. The summed E-state index contributed by atoms with van der Waals surface area (Å²) in [6.45, 7) is 4.41. The fraction of sp³-hybridized carbons (Fsp3) is 0.143. The fourth-order valence-corrected chi connectivity index (χ4v) is 3.96. The van der Waals surface area contributed by atoms with Crippen LogP contribution in [0.2, 0.25) is 6.04 Å². The number of hydrogen-bond acceptors (Lipinski definition) is 1. The second kappa shape index (κ2) is 7.29. The van der Waals surface area contributed by atoms with Crippen molar-refractivity contribution in [1.29, 1.82) is 0 Å². The van der Waals surface area contributed by atoms with Crippen LogP contribution in [0, 0.1) is 6.92 Å². The van der Waals surface area contributed by atoms with E-state index >= 15 is 0 Å². The summed E-state index contributed by atoms with van der Waals surface area (Å²) in [5.74, 6) is 0. The van der Waals surface area contributed by atoms with Crippen LogP contribution in [0.15, 0.2) is 78.9 Å². The summed E-state index contributed by atoms with van der Waals surface area (Å²) in [7, 11) is -0.0911. The van der Waals surface area contributed by atoms with Crippen LogP contribution in [-0.2, 0) is 0 Å². The minimum absolute atomic E-state index is 0.0911. The molecule has 0 radical (unpaired) electrons. The number of rotatable bonds is 5. The number of benzene rings is 3. The van der Waals surface area contributed by atoms with E-state index in [0.29, 0.717) is 0 Å². The van der Waals surface area contributed by atoms with Crippen molar-refractivity contribution in [3.05, 3.63) is 84.4 Å². The number of para-hydroxylation sites is 1. The number of nitrogens with zero attached hydrogens (tertiary/aromatic N) is 1. The average Bonchev–Trinajstić information content (AvgIpc) is 2.60. The molecule has 3 aromatic rings. The summed E-state index contributed by atoms with van der Waals surface area (Å²) >= 11 is 0. The van der Waals surface area contributed by atoms with E-state index in [4.69, 9.17) is 0 Å². The summed E-state index contributed by atoms with van der Waals surface area (Å²) in [6, 6.07) is 29.7. The van der Waals surface area contributed by atoms with E-state index in [2.05, 4.69) is 97.6 Å². The van der Waals surface area contributed by atoms with Crippen molar-refractivity contribution in [3.8, 4) is 0 Å². The van der Waals surface area contributed by atoms with Crippen molar-refractivity contribution in [1.82, 2.24) is 0 Å². The van der Waals surface area contributed by atoms with Gasteiger partial charge in [0, 0.05) is 17.1 Å². The van der Waals surface area contributed by atoms with Gasteiger partial charge < -0.3 is 4.90 Å². The molecule has 0 aliphatic rings. The Morgan fingerprint density at radius 1 is 0.696 bits per heavy atom. The van der Waals surface area contributed by atoms with E-state index in [9.17, 15) is 0 Å². The topological polar surface area (TPSA) is 3.24 Å². The van der Waals surface area contributed by atoms with Gasteiger partial charge in [0.2, 0.25) is 0 Å². The SMILES string of the molecule is CC[SiH2]c1ccc(N(c2ccccc2)c2ccc(C)cc2)cc1. The van der Waals surface area contributed by atoms with Gasteiger partial charge in [-0.25, -0.2) is 0 Å². The van der Waals surface area contributed by atoms with Gasteiger partial charge in [-0.15, -0.1) is 0 Å². The molecule has 0 fully saturated rings. The van der Waals surface area contributed by atoms with Gasteiger partial charge in [-0.3, -0.25) is 0 Å². The molecule has 0 bridgehead atoms. The van der Waals surface area contributed by atoms with Crippen molar-refractivity contribution in [2.24, 2.45) is 0 Å². The highest BCUT2D eigenvalue weighted by atomic mass is 28.2. The Hall–Kier alpha value is -2.32. The van der Waals surface area contributed by atoms with Crippen molar-refractivity contribution >= 4 is 31.8 Å². The highest BCUT2D eigenvalue weighted by Crippen LogP contribution is 2.33. The quantitative estimate of drug-likeness (QED) is 0.617. The van der Waals surface area contributed by atoms with Gasteiger partial charge in [0.1, 0.15) is 0 Å². The number of hydrogen-bond donors (Lipinski definition) is 0. The highest BCUT2D eigenvalue weighted by Gasteiger charge is 2.11. The Bertz CT molecular complexity index is 733. The first-order chi connectivity index (χ1) is 11.3. The Kier molecular flexibility index (Phi) is 4.94. The summed E-state index contributed by atoms with van der Waals surface area (Å²) in [5, 5.41) is 1.54. The van der Waals surface area contributed by atoms with E-state index in [1.165, 1.54) is 33.9 Å². The van der Waals surface area contributed by atoms with Crippen LogP contribution in [0.25, 0.3) is 0 Å². The molecular weight excluding hydrogens is 294 g/mol. The molecule has 3 aromatic carbocycles. The largest absolute Gasteiger partial charge is 0.311 e. The van der Waals surface area contributed by atoms with E-state index in [-0.39, 0.29) is 9.52 Å². The zero-order chi connectivity index (χ0) is 16.1. The van der Waals surface area contributed by atoms with Crippen molar-refractivity contribution in [2.45, 2.75) is 19.9 Å². The van der Waals surface area contributed by atoms with Gasteiger partial charge in [-0.05, 0) is 43.3 Å². The molecule has 2 heteroatoms. The summed E-state index contributed by atoms with van der Waals surface area (Å²) < 4.78 is 0. The molecule has 0 aliphatic carbocycles. The summed E-state index contributed by atoms with van der Waals surface area (Å²) in [5.41, 5.74) is 4.89. The molecule has 116 valence electrons. The third-order valence-corrected chi connectivity index (χ3v) is 5.59. The molecular formula is C21H23NSi. The molecule has 0 saturated carbocycles. The predicted octanol–water partition coefficient (Wildman–Crippen LogP) is 4.70. The molecule has 0 heterocycles. The van der Waals surface area contributed by atoms with E-state index < -0.39 is 0 Å². The monoisotopic (exact) mass is 317 g/mol. The van der Waals surface area contributed by atoms with Crippen molar-refractivity contribution < 1.29 is 0 Å². The summed E-state index contributed by atoms with van der Waals surface area (Å²) in [4.78, 5) is 2.32. The molecule has 0 spiro atoms. The van der Waals surface area contributed by atoms with Crippen LogP contribution in [0.4, 0.5) is 17.1 Å². The van der Waals surface area contributed by atoms with Gasteiger partial charge >= 0.3 is 0 Å². The molecule has 0 atom stereocenters. The Labute approximate surface area is 141 Å². The Morgan fingerprint density at radius 3 is 1.78 bits per heavy atom. The lowest BCUT2D eigenvalue weighted by molar-refractivity contribution is 1.28. The lowest BCUT2D eigenvalue weighted by Gasteiger charge is -2.25. The van der Waals surface area contributed by atoms with Gasteiger partial charge in [-0.2, -0.15) is 0 Å². The maximum atomic E-state index is 2.32. The van der Waals surface area contributed by atoms with E-state index in [1.807, 2.05) is 0 Å². The fourth-order valence-electron chi connectivity index (χ4n) is 2.82. The molecule has 0 unspecified atom stereocenters. The van der Waals surface area contributed by atoms with Crippen LogP contribution >= 0.6 is 0 Å². The minimum Gasteiger partial charge on any atom is -0.311 e. The Balaban J connectivity index is 2.03. The molecule has 1 nitrogen and oxygen atoms in total. The minimum atomic E-state index is -0.0911. The van der Waals surface area contributed by atoms with Crippen LogP contribution in [0.1, 0.15) is 12.5 Å². The third kappa shape index (κ3) is 3.72. The lowest BCUT2D eigenvalue weighted by atomic mass is 10.1. The zero-order valence-electron chi connectivity index (χ0n) is 13.9. The van der Waals surface area contributed by atoms with Crippen LogP contribution in [0.3, 0.4) is 0 Å². The van der Waals surface area contributed by atoms with E-state index in [1.54, 1.807) is 0 Å². The first-order valence-electron chi connectivity index (χ1n) is 8.28. The highest BCUT2D eigenvalue weighted by molar-refractivity contribution is 6.53. The number of aryl methyl sites for hydroxylation is 1. The smallest absolute Gasteiger partial charge is 0.0544 e. The normalized spacial score (nSPS) is 11.0. The van der Waals surface area contributed by atoms with Gasteiger partial charge in [0.15, 0.2) is 0 Å². The Morgan fingerprint density at radius 2 is 1.22 bits per heavy atom. The molecule has 0 aromatic heterocycles.